The lowest BCUT2D eigenvalue weighted by Gasteiger charge is -2.25. The van der Waals surface area contributed by atoms with Crippen LogP contribution in [0.5, 0.6) is 11.5 Å². The standard InChI is InChI=1S/C36H30N4O6S/c1-5-18-45-35(43)31-22(2)37-36-40(33(31)25-16-17-28(46-23(3)41)29(19-25)44-4)34(42)30(47-36)20-26-21-39(27-14-10-7-11-15-27)38-32(26)24-12-8-6-9-13-24/h5-17,19-21,33H,1,18H2,2-4H3. The number of ether oxygens (including phenoxy) is 3. The molecule has 1 aliphatic rings. The van der Waals surface area contributed by atoms with E-state index in [4.69, 9.17) is 19.3 Å². The van der Waals surface area contributed by atoms with Crippen LogP contribution in [-0.4, -0.2) is 40.0 Å². The van der Waals surface area contributed by atoms with E-state index < -0.39 is 18.0 Å². The Bertz CT molecular complexity index is 2210. The summed E-state index contributed by atoms with van der Waals surface area (Å²) in [6.45, 7) is 6.61. The number of hydrogen-bond acceptors (Lipinski definition) is 9. The number of esters is 2. The highest BCUT2D eigenvalue weighted by molar-refractivity contribution is 7.07. The summed E-state index contributed by atoms with van der Waals surface area (Å²) in [5.74, 6) is -0.687. The molecule has 11 heteroatoms. The fraction of sp³-hybridized carbons (Fsp3) is 0.139. The number of carbonyl (C=O) groups excluding carboxylic acids is 2. The molecule has 10 nitrogen and oxygen atoms in total. The first-order valence-electron chi connectivity index (χ1n) is 14.7. The van der Waals surface area contributed by atoms with Crippen LogP contribution in [0.3, 0.4) is 0 Å². The van der Waals surface area contributed by atoms with Gasteiger partial charge in [0.1, 0.15) is 6.61 Å². The van der Waals surface area contributed by atoms with Crippen molar-refractivity contribution in [1.29, 1.82) is 0 Å². The molecule has 2 aromatic heterocycles. The molecule has 0 aliphatic carbocycles. The molecular weight excluding hydrogens is 616 g/mol. The summed E-state index contributed by atoms with van der Waals surface area (Å²) in [5.41, 5.74) is 3.97. The quantitative estimate of drug-likeness (QED) is 0.129. The molecule has 0 fully saturated rings. The minimum Gasteiger partial charge on any atom is -0.493 e. The molecule has 1 atom stereocenters. The first-order chi connectivity index (χ1) is 22.8. The van der Waals surface area contributed by atoms with Crippen LogP contribution in [0.25, 0.3) is 23.0 Å². The van der Waals surface area contributed by atoms with Gasteiger partial charge in [0, 0.05) is 24.2 Å². The van der Waals surface area contributed by atoms with Gasteiger partial charge in [-0.05, 0) is 42.8 Å². The van der Waals surface area contributed by atoms with Gasteiger partial charge in [-0.1, -0.05) is 78.6 Å². The van der Waals surface area contributed by atoms with Gasteiger partial charge in [-0.2, -0.15) is 5.10 Å². The average molecular weight is 647 g/mol. The maximum absolute atomic E-state index is 14.3. The largest absolute Gasteiger partial charge is 0.493 e. The molecule has 1 unspecified atom stereocenters. The van der Waals surface area contributed by atoms with Gasteiger partial charge in [0.2, 0.25) is 0 Å². The van der Waals surface area contributed by atoms with Crippen LogP contribution in [-0.2, 0) is 14.3 Å². The first kappa shape index (κ1) is 31.2. The van der Waals surface area contributed by atoms with Gasteiger partial charge in [-0.25, -0.2) is 14.5 Å². The second-order valence-corrected chi connectivity index (χ2v) is 11.6. The van der Waals surface area contributed by atoms with Gasteiger partial charge in [0.15, 0.2) is 16.3 Å². The number of methoxy groups -OCH3 is 1. The van der Waals surface area contributed by atoms with Gasteiger partial charge < -0.3 is 14.2 Å². The van der Waals surface area contributed by atoms with E-state index in [0.717, 1.165) is 16.8 Å². The van der Waals surface area contributed by atoms with Crippen molar-refractivity contribution in [3.05, 3.63) is 140 Å². The zero-order valence-electron chi connectivity index (χ0n) is 25.9. The van der Waals surface area contributed by atoms with Crippen LogP contribution in [0.1, 0.15) is 31.0 Å². The Labute approximate surface area is 273 Å². The minimum atomic E-state index is -0.911. The van der Waals surface area contributed by atoms with Crippen LogP contribution in [0, 0.1) is 0 Å². The average Bonchev–Trinajstić information content (AvgIpc) is 3.64. The van der Waals surface area contributed by atoms with Crippen LogP contribution >= 0.6 is 11.3 Å². The number of para-hydroxylation sites is 1. The van der Waals surface area contributed by atoms with Gasteiger partial charge in [0.25, 0.3) is 5.56 Å². The Kier molecular flexibility index (Phi) is 8.81. The predicted molar refractivity (Wildman–Crippen MR) is 178 cm³/mol. The Hall–Kier alpha value is -5.81. The third kappa shape index (κ3) is 6.21. The van der Waals surface area contributed by atoms with E-state index in [-0.39, 0.29) is 29.2 Å². The van der Waals surface area contributed by atoms with E-state index in [9.17, 15) is 14.4 Å². The summed E-state index contributed by atoms with van der Waals surface area (Å²) in [4.78, 5) is 44.6. The molecule has 0 spiro atoms. The van der Waals surface area contributed by atoms with Crippen LogP contribution in [0.2, 0.25) is 0 Å². The number of benzene rings is 3. The Morgan fingerprint density at radius 1 is 1.02 bits per heavy atom. The number of fused-ring (bicyclic) bond motifs is 1. The Morgan fingerprint density at radius 3 is 2.43 bits per heavy atom. The normalized spacial score (nSPS) is 14.3. The van der Waals surface area contributed by atoms with Crippen molar-refractivity contribution in [2.24, 2.45) is 4.99 Å². The van der Waals surface area contributed by atoms with E-state index in [1.165, 1.54) is 36.0 Å². The summed E-state index contributed by atoms with van der Waals surface area (Å²) in [5, 5.41) is 4.88. The third-order valence-corrected chi connectivity index (χ3v) is 8.41. The van der Waals surface area contributed by atoms with E-state index in [0.29, 0.717) is 26.3 Å². The number of nitrogens with zero attached hydrogens (tertiary/aromatic N) is 4. The number of thiazole rings is 1. The number of aromatic nitrogens is 3. The SMILES string of the molecule is C=CCOC(=O)C1=C(C)N=c2sc(=Cc3cn(-c4ccccc4)nc3-c3ccccc3)c(=O)n2C1c1ccc(OC(C)=O)c(OC)c1. The fourth-order valence-electron chi connectivity index (χ4n) is 5.37. The molecule has 0 saturated carbocycles. The molecule has 0 bridgehead atoms. The number of allylic oxidation sites excluding steroid dienone is 1. The van der Waals surface area contributed by atoms with Crippen molar-refractivity contribution in [2.75, 3.05) is 13.7 Å². The molecule has 3 aromatic carbocycles. The maximum Gasteiger partial charge on any atom is 0.338 e. The Balaban J connectivity index is 1.55. The molecule has 6 rings (SSSR count). The lowest BCUT2D eigenvalue weighted by molar-refractivity contribution is -0.138. The van der Waals surface area contributed by atoms with E-state index >= 15 is 0 Å². The Morgan fingerprint density at radius 2 is 1.74 bits per heavy atom. The molecule has 0 amide bonds. The number of hydrogen-bond donors (Lipinski definition) is 0. The fourth-order valence-corrected chi connectivity index (χ4v) is 6.41. The highest BCUT2D eigenvalue weighted by Crippen LogP contribution is 2.36. The van der Waals surface area contributed by atoms with Crippen molar-refractivity contribution in [1.82, 2.24) is 14.3 Å². The van der Waals surface area contributed by atoms with Crippen LogP contribution in [0.4, 0.5) is 0 Å². The summed E-state index contributed by atoms with van der Waals surface area (Å²) in [6.07, 6.45) is 5.15. The molecule has 47 heavy (non-hydrogen) atoms. The molecule has 0 N–H and O–H groups in total. The third-order valence-electron chi connectivity index (χ3n) is 7.43. The summed E-state index contributed by atoms with van der Waals surface area (Å²) < 4.78 is 19.9. The monoisotopic (exact) mass is 646 g/mol. The highest BCUT2D eigenvalue weighted by Gasteiger charge is 2.34. The van der Waals surface area contributed by atoms with Crippen molar-refractivity contribution in [3.63, 3.8) is 0 Å². The lowest BCUT2D eigenvalue weighted by Crippen LogP contribution is -2.40. The second kappa shape index (κ2) is 13.3. The summed E-state index contributed by atoms with van der Waals surface area (Å²) >= 11 is 1.21. The molecule has 236 valence electrons. The zero-order valence-corrected chi connectivity index (χ0v) is 26.7. The van der Waals surface area contributed by atoms with Gasteiger partial charge in [0.05, 0.1) is 40.3 Å². The van der Waals surface area contributed by atoms with Gasteiger partial charge in [-0.3, -0.25) is 14.2 Å². The van der Waals surface area contributed by atoms with Crippen molar-refractivity contribution in [3.8, 4) is 28.4 Å². The van der Waals surface area contributed by atoms with E-state index in [1.54, 1.807) is 35.9 Å². The van der Waals surface area contributed by atoms with E-state index in [2.05, 4.69) is 11.6 Å². The van der Waals surface area contributed by atoms with Crippen molar-refractivity contribution in [2.45, 2.75) is 19.9 Å². The van der Waals surface area contributed by atoms with Gasteiger partial charge >= 0.3 is 11.9 Å². The maximum atomic E-state index is 14.3. The van der Waals surface area contributed by atoms with Crippen LogP contribution < -0.4 is 24.4 Å². The molecular formula is C36H30N4O6S. The van der Waals surface area contributed by atoms with Crippen LogP contribution in [0.15, 0.2) is 119 Å². The van der Waals surface area contributed by atoms with Crippen molar-refractivity contribution >= 4 is 29.4 Å². The summed E-state index contributed by atoms with van der Waals surface area (Å²) in [6, 6.07) is 23.4. The smallest absolute Gasteiger partial charge is 0.338 e. The highest BCUT2D eigenvalue weighted by atomic mass is 32.1. The van der Waals surface area contributed by atoms with Crippen molar-refractivity contribution < 1.29 is 23.8 Å². The first-order valence-corrected chi connectivity index (χ1v) is 15.5. The number of rotatable bonds is 9. The number of carbonyl (C=O) groups is 2. The summed E-state index contributed by atoms with van der Waals surface area (Å²) in [7, 11) is 1.44. The van der Waals surface area contributed by atoms with E-state index in [1.807, 2.05) is 66.9 Å². The van der Waals surface area contributed by atoms with Gasteiger partial charge in [-0.15, -0.1) is 0 Å². The topological polar surface area (TPSA) is 114 Å². The molecule has 1 aliphatic heterocycles. The predicted octanol–water partition coefficient (Wildman–Crippen LogP) is 4.75. The minimum absolute atomic E-state index is 0.0187. The lowest BCUT2D eigenvalue weighted by atomic mass is 9.95. The molecule has 0 saturated heterocycles. The molecule has 5 aromatic rings. The second-order valence-electron chi connectivity index (χ2n) is 10.6. The molecule has 0 radical (unpaired) electrons. The molecule has 3 heterocycles. The zero-order chi connectivity index (χ0) is 33.1.